The van der Waals surface area contributed by atoms with Gasteiger partial charge in [-0.1, -0.05) is 0 Å². The number of carbonyl (C=O) groups is 1. The van der Waals surface area contributed by atoms with Crippen LogP contribution < -0.4 is 5.32 Å². The van der Waals surface area contributed by atoms with Gasteiger partial charge in [0, 0.05) is 19.2 Å². The zero-order valence-electron chi connectivity index (χ0n) is 11.0. The van der Waals surface area contributed by atoms with Crippen LogP contribution in [0.1, 0.15) is 23.2 Å². The van der Waals surface area contributed by atoms with Gasteiger partial charge in [0.2, 0.25) is 0 Å². The quantitative estimate of drug-likeness (QED) is 0.910. The molecule has 0 radical (unpaired) electrons. The van der Waals surface area contributed by atoms with E-state index in [0.29, 0.717) is 19.0 Å². The van der Waals surface area contributed by atoms with Crippen LogP contribution in [0, 0.1) is 17.6 Å². The number of hydrogen-bond donors (Lipinski definition) is 1. The topological polar surface area (TPSA) is 32.3 Å². The predicted octanol–water partition coefficient (Wildman–Crippen LogP) is 2.04. The van der Waals surface area contributed by atoms with Crippen molar-refractivity contribution in [2.75, 3.05) is 26.7 Å². The Morgan fingerprint density at radius 1 is 1.47 bits per heavy atom. The molecule has 1 aromatic rings. The highest BCUT2D eigenvalue weighted by Gasteiger charge is 2.25. The summed E-state index contributed by atoms with van der Waals surface area (Å²) >= 11 is 0. The molecule has 3 nitrogen and oxygen atoms in total. The van der Waals surface area contributed by atoms with Crippen LogP contribution in [0.3, 0.4) is 0 Å². The van der Waals surface area contributed by atoms with Gasteiger partial charge in [0.25, 0.3) is 5.91 Å². The Balaban J connectivity index is 2.10. The smallest absolute Gasteiger partial charge is 0.256 e. The summed E-state index contributed by atoms with van der Waals surface area (Å²) in [6.45, 7) is 2.10. The molecule has 1 N–H and O–H groups in total. The van der Waals surface area contributed by atoms with E-state index in [9.17, 15) is 13.6 Å². The molecule has 0 aromatic heterocycles. The summed E-state index contributed by atoms with van der Waals surface area (Å²) in [4.78, 5) is 13.9. The lowest BCUT2D eigenvalue weighted by molar-refractivity contribution is 0.0669. The second-order valence-electron chi connectivity index (χ2n) is 4.94. The van der Waals surface area contributed by atoms with Gasteiger partial charge in [-0.25, -0.2) is 8.78 Å². The minimum atomic E-state index is -0.791. The molecule has 2 rings (SSSR count). The summed E-state index contributed by atoms with van der Waals surface area (Å²) in [5.41, 5.74) is -0.0495. The fourth-order valence-electron chi connectivity index (χ4n) is 2.54. The molecular weight excluding hydrogens is 250 g/mol. The normalized spacial score (nSPS) is 19.5. The number of nitrogens with one attached hydrogen (secondary N) is 1. The van der Waals surface area contributed by atoms with E-state index >= 15 is 0 Å². The largest absolute Gasteiger partial charge is 0.338 e. The molecule has 0 saturated carbocycles. The van der Waals surface area contributed by atoms with E-state index in [1.807, 2.05) is 7.05 Å². The summed E-state index contributed by atoms with van der Waals surface area (Å²) in [5.74, 6) is -1.41. The first kappa shape index (κ1) is 13.9. The van der Waals surface area contributed by atoms with Gasteiger partial charge in [0.1, 0.15) is 11.6 Å². The average molecular weight is 268 g/mol. The van der Waals surface area contributed by atoms with Crippen molar-refractivity contribution in [3.05, 3.63) is 35.4 Å². The maximum absolute atomic E-state index is 13.6. The number of likely N-dealkylation sites (tertiary alicyclic amines) is 1. The first-order valence-corrected chi connectivity index (χ1v) is 6.50. The van der Waals surface area contributed by atoms with E-state index in [1.165, 1.54) is 6.07 Å². The van der Waals surface area contributed by atoms with Crippen LogP contribution in [-0.2, 0) is 0 Å². The monoisotopic (exact) mass is 268 g/mol. The van der Waals surface area contributed by atoms with Crippen LogP contribution >= 0.6 is 0 Å². The molecule has 1 amide bonds. The minimum Gasteiger partial charge on any atom is -0.338 e. The summed E-state index contributed by atoms with van der Waals surface area (Å²) in [5, 5.41) is 3.09. The summed E-state index contributed by atoms with van der Waals surface area (Å²) < 4.78 is 26.4. The molecule has 0 bridgehead atoms. The van der Waals surface area contributed by atoms with Crippen LogP contribution in [0.15, 0.2) is 18.2 Å². The lowest BCUT2D eigenvalue weighted by Gasteiger charge is -2.32. The predicted molar refractivity (Wildman–Crippen MR) is 68.9 cm³/mol. The van der Waals surface area contributed by atoms with Crippen molar-refractivity contribution in [2.45, 2.75) is 12.8 Å². The van der Waals surface area contributed by atoms with Crippen molar-refractivity contribution < 1.29 is 13.6 Å². The number of carbonyl (C=O) groups excluding carboxylic acids is 1. The average Bonchev–Trinajstić information content (AvgIpc) is 2.39. The fraction of sp³-hybridized carbons (Fsp3) is 0.500. The van der Waals surface area contributed by atoms with Crippen molar-refractivity contribution >= 4 is 5.91 Å². The molecule has 1 aliphatic rings. The van der Waals surface area contributed by atoms with E-state index in [-0.39, 0.29) is 11.5 Å². The molecule has 5 heteroatoms. The third-order valence-corrected chi connectivity index (χ3v) is 3.46. The SMILES string of the molecule is CNCC1CCCN(C(=O)c2ccc(F)cc2F)C1. The van der Waals surface area contributed by atoms with Crippen molar-refractivity contribution in [2.24, 2.45) is 5.92 Å². The maximum Gasteiger partial charge on any atom is 0.256 e. The molecule has 1 saturated heterocycles. The first-order chi connectivity index (χ1) is 9.11. The first-order valence-electron chi connectivity index (χ1n) is 6.50. The lowest BCUT2D eigenvalue weighted by atomic mass is 9.97. The fourth-order valence-corrected chi connectivity index (χ4v) is 2.54. The molecule has 1 heterocycles. The number of amides is 1. The Labute approximate surface area is 111 Å². The molecule has 1 unspecified atom stereocenters. The minimum absolute atomic E-state index is 0.0495. The van der Waals surface area contributed by atoms with Gasteiger partial charge >= 0.3 is 0 Å². The summed E-state index contributed by atoms with van der Waals surface area (Å²) in [6, 6.07) is 3.09. The maximum atomic E-state index is 13.6. The standard InChI is InChI=1S/C14H18F2N2O/c1-17-8-10-3-2-6-18(9-10)14(19)12-5-4-11(15)7-13(12)16/h4-5,7,10,17H,2-3,6,8-9H2,1H3. The third kappa shape index (κ3) is 3.29. The van der Waals surface area contributed by atoms with E-state index in [2.05, 4.69) is 5.32 Å². The van der Waals surface area contributed by atoms with Crippen LogP contribution in [0.5, 0.6) is 0 Å². The van der Waals surface area contributed by atoms with Crippen molar-refractivity contribution in [1.82, 2.24) is 10.2 Å². The number of halogens is 2. The summed E-state index contributed by atoms with van der Waals surface area (Å²) in [7, 11) is 1.88. The van der Waals surface area contributed by atoms with Crippen molar-refractivity contribution in [3.8, 4) is 0 Å². The molecule has 0 aliphatic carbocycles. The molecule has 0 spiro atoms. The third-order valence-electron chi connectivity index (χ3n) is 3.46. The number of rotatable bonds is 3. The lowest BCUT2D eigenvalue weighted by Crippen LogP contribution is -2.42. The Morgan fingerprint density at radius 3 is 2.95 bits per heavy atom. The van der Waals surface area contributed by atoms with Gasteiger partial charge in [-0.05, 0) is 44.5 Å². The van der Waals surface area contributed by atoms with Crippen LogP contribution in [-0.4, -0.2) is 37.5 Å². The molecule has 1 atom stereocenters. The number of benzene rings is 1. The highest BCUT2D eigenvalue weighted by Crippen LogP contribution is 2.19. The zero-order valence-corrected chi connectivity index (χ0v) is 11.0. The molecule has 104 valence electrons. The van der Waals surface area contributed by atoms with E-state index in [1.54, 1.807) is 4.90 Å². The second-order valence-corrected chi connectivity index (χ2v) is 4.94. The molecule has 1 aliphatic heterocycles. The van der Waals surface area contributed by atoms with Gasteiger partial charge in [0.05, 0.1) is 5.56 Å². The van der Waals surface area contributed by atoms with E-state index in [0.717, 1.165) is 31.5 Å². The molecule has 1 fully saturated rings. The molecular formula is C14H18F2N2O. The van der Waals surface area contributed by atoms with Gasteiger partial charge < -0.3 is 10.2 Å². The number of hydrogen-bond acceptors (Lipinski definition) is 2. The van der Waals surface area contributed by atoms with Crippen molar-refractivity contribution in [3.63, 3.8) is 0 Å². The second kappa shape index (κ2) is 6.10. The zero-order chi connectivity index (χ0) is 13.8. The Hall–Kier alpha value is -1.49. The highest BCUT2D eigenvalue weighted by molar-refractivity contribution is 5.94. The Morgan fingerprint density at radius 2 is 2.26 bits per heavy atom. The van der Waals surface area contributed by atoms with Crippen molar-refractivity contribution in [1.29, 1.82) is 0 Å². The van der Waals surface area contributed by atoms with Crippen LogP contribution in [0.25, 0.3) is 0 Å². The van der Waals surface area contributed by atoms with Crippen LogP contribution in [0.4, 0.5) is 8.78 Å². The summed E-state index contributed by atoms with van der Waals surface area (Å²) in [6.07, 6.45) is 1.98. The van der Waals surface area contributed by atoms with Crippen LogP contribution in [0.2, 0.25) is 0 Å². The van der Waals surface area contributed by atoms with E-state index in [4.69, 9.17) is 0 Å². The highest BCUT2D eigenvalue weighted by atomic mass is 19.1. The van der Waals surface area contributed by atoms with Gasteiger partial charge in [-0.2, -0.15) is 0 Å². The van der Waals surface area contributed by atoms with Gasteiger partial charge in [0.15, 0.2) is 0 Å². The number of nitrogens with zero attached hydrogens (tertiary/aromatic N) is 1. The Bertz CT molecular complexity index is 463. The molecule has 1 aromatic carbocycles. The van der Waals surface area contributed by atoms with Gasteiger partial charge in [-0.15, -0.1) is 0 Å². The Kier molecular flexibility index (Phi) is 4.47. The van der Waals surface area contributed by atoms with E-state index < -0.39 is 11.6 Å². The number of piperidine rings is 1. The van der Waals surface area contributed by atoms with Gasteiger partial charge in [-0.3, -0.25) is 4.79 Å². The molecule has 19 heavy (non-hydrogen) atoms.